The number of aromatic nitrogens is 2. The molecule has 28 heavy (non-hydrogen) atoms. The van der Waals surface area contributed by atoms with Gasteiger partial charge in [-0.25, -0.2) is 12.8 Å². The first-order valence-corrected chi connectivity index (χ1v) is 10.6. The van der Waals surface area contributed by atoms with Gasteiger partial charge in [-0.1, -0.05) is 23.2 Å². The second kappa shape index (κ2) is 7.44. The van der Waals surface area contributed by atoms with E-state index in [4.69, 9.17) is 27.6 Å². The third-order valence-electron chi connectivity index (χ3n) is 4.28. The molecule has 0 atom stereocenters. The van der Waals surface area contributed by atoms with Crippen molar-refractivity contribution in [2.75, 3.05) is 0 Å². The van der Waals surface area contributed by atoms with Crippen molar-refractivity contribution in [2.24, 2.45) is 0 Å². The zero-order valence-electron chi connectivity index (χ0n) is 14.3. The Kier molecular flexibility index (Phi) is 5.13. The molecule has 6 nitrogen and oxygen atoms in total. The van der Waals surface area contributed by atoms with Crippen LogP contribution in [0.2, 0.25) is 10.0 Å². The van der Waals surface area contributed by atoms with Gasteiger partial charge in [0.1, 0.15) is 10.7 Å². The number of rotatable bonds is 6. The van der Waals surface area contributed by atoms with E-state index >= 15 is 0 Å². The van der Waals surface area contributed by atoms with E-state index in [0.29, 0.717) is 23.4 Å². The van der Waals surface area contributed by atoms with Gasteiger partial charge in [-0.05, 0) is 55.3 Å². The van der Waals surface area contributed by atoms with Crippen LogP contribution in [-0.2, 0) is 16.6 Å². The van der Waals surface area contributed by atoms with Crippen LogP contribution < -0.4 is 0 Å². The molecule has 3 aromatic rings. The van der Waals surface area contributed by atoms with Gasteiger partial charge >= 0.3 is 0 Å². The summed E-state index contributed by atoms with van der Waals surface area (Å²) in [6.45, 7) is -0.143. The fourth-order valence-corrected chi connectivity index (χ4v) is 4.71. The van der Waals surface area contributed by atoms with Crippen LogP contribution in [0.1, 0.15) is 18.7 Å². The van der Waals surface area contributed by atoms with Crippen molar-refractivity contribution in [1.82, 2.24) is 14.5 Å². The van der Waals surface area contributed by atoms with Crippen LogP contribution in [0.25, 0.3) is 11.5 Å². The molecular weight excluding hydrogens is 428 g/mol. The molecule has 2 aromatic carbocycles. The minimum atomic E-state index is -4.09. The Morgan fingerprint density at radius 1 is 1.07 bits per heavy atom. The highest BCUT2D eigenvalue weighted by Gasteiger charge is 2.40. The highest BCUT2D eigenvalue weighted by atomic mass is 35.5. The Morgan fingerprint density at radius 3 is 2.39 bits per heavy atom. The quantitative estimate of drug-likeness (QED) is 0.561. The summed E-state index contributed by atoms with van der Waals surface area (Å²) < 4.78 is 47.0. The Labute approximate surface area is 170 Å². The minimum Gasteiger partial charge on any atom is -0.419 e. The van der Waals surface area contributed by atoms with Crippen LogP contribution in [0.15, 0.2) is 51.8 Å². The number of sulfonamides is 1. The molecule has 1 aliphatic carbocycles. The maximum absolute atomic E-state index is 14.2. The van der Waals surface area contributed by atoms with Gasteiger partial charge in [-0.15, -0.1) is 10.2 Å². The van der Waals surface area contributed by atoms with E-state index in [9.17, 15) is 12.8 Å². The average Bonchev–Trinajstić information content (AvgIpc) is 3.37. The molecule has 0 saturated heterocycles. The molecule has 4 rings (SSSR count). The Balaban J connectivity index is 1.62. The number of hydrogen-bond acceptors (Lipinski definition) is 5. The third-order valence-corrected chi connectivity index (χ3v) is 6.70. The maximum atomic E-state index is 14.2. The highest BCUT2D eigenvalue weighted by Crippen LogP contribution is 2.35. The molecule has 1 aromatic heterocycles. The lowest BCUT2D eigenvalue weighted by atomic mass is 10.2. The lowest BCUT2D eigenvalue weighted by molar-refractivity contribution is 0.349. The molecule has 1 aliphatic rings. The predicted octanol–water partition coefficient (Wildman–Crippen LogP) is 4.54. The fourth-order valence-electron chi connectivity index (χ4n) is 2.74. The van der Waals surface area contributed by atoms with Crippen LogP contribution in [0, 0.1) is 5.82 Å². The molecule has 0 aliphatic heterocycles. The first-order valence-electron chi connectivity index (χ1n) is 8.40. The van der Waals surface area contributed by atoms with Crippen LogP contribution >= 0.6 is 23.2 Å². The van der Waals surface area contributed by atoms with Crippen LogP contribution in [0.3, 0.4) is 0 Å². The van der Waals surface area contributed by atoms with Crippen molar-refractivity contribution in [3.05, 3.63) is 64.2 Å². The van der Waals surface area contributed by atoms with Crippen LogP contribution in [0.4, 0.5) is 4.39 Å². The normalized spacial score (nSPS) is 14.6. The second-order valence-electron chi connectivity index (χ2n) is 6.36. The predicted molar refractivity (Wildman–Crippen MR) is 102 cm³/mol. The van der Waals surface area contributed by atoms with Gasteiger partial charge in [-0.2, -0.15) is 4.31 Å². The molecule has 10 heteroatoms. The largest absolute Gasteiger partial charge is 0.419 e. The van der Waals surface area contributed by atoms with E-state index < -0.39 is 20.7 Å². The highest BCUT2D eigenvalue weighted by molar-refractivity contribution is 7.89. The molecule has 0 radical (unpaired) electrons. The molecule has 1 fully saturated rings. The summed E-state index contributed by atoms with van der Waals surface area (Å²) in [6.07, 6.45) is 1.37. The van der Waals surface area contributed by atoms with Gasteiger partial charge in [0.15, 0.2) is 0 Å². The number of nitrogens with zero attached hydrogens (tertiary/aromatic N) is 3. The van der Waals surface area contributed by atoms with E-state index in [0.717, 1.165) is 12.1 Å². The molecule has 0 N–H and O–H groups in total. The summed E-state index contributed by atoms with van der Waals surface area (Å²) in [5.74, 6) is -0.530. The van der Waals surface area contributed by atoms with E-state index in [1.54, 1.807) is 24.3 Å². The first kappa shape index (κ1) is 19.3. The molecule has 0 amide bonds. The van der Waals surface area contributed by atoms with Crippen molar-refractivity contribution in [1.29, 1.82) is 0 Å². The van der Waals surface area contributed by atoms with Crippen molar-refractivity contribution >= 4 is 33.2 Å². The average molecular weight is 442 g/mol. The fraction of sp³-hybridized carbons (Fsp3) is 0.222. The molecule has 0 unspecified atom stereocenters. The standard InChI is InChI=1S/C18H14Cl2FN3O3S/c19-12-3-1-11(2-4-12)18-23-22-17(27-18)10-24(14-6-7-14)28(25,26)16-8-5-13(20)9-15(16)21/h1-5,8-9,14H,6-7,10H2. The van der Waals surface area contributed by atoms with Gasteiger partial charge in [0.2, 0.25) is 21.8 Å². The Morgan fingerprint density at radius 2 is 1.75 bits per heavy atom. The van der Waals surface area contributed by atoms with Crippen molar-refractivity contribution in [2.45, 2.75) is 30.3 Å². The second-order valence-corrected chi connectivity index (χ2v) is 9.10. The van der Waals surface area contributed by atoms with Gasteiger partial charge in [0.05, 0.1) is 6.54 Å². The summed E-state index contributed by atoms with van der Waals surface area (Å²) in [5, 5.41) is 8.59. The topological polar surface area (TPSA) is 76.3 Å². The Hall–Kier alpha value is -2.00. The third kappa shape index (κ3) is 3.91. The van der Waals surface area contributed by atoms with Crippen LogP contribution in [0.5, 0.6) is 0 Å². The minimum absolute atomic E-state index is 0.120. The van der Waals surface area contributed by atoms with Gasteiger partial charge < -0.3 is 4.42 Å². The summed E-state index contributed by atoms with van der Waals surface area (Å²) >= 11 is 11.6. The smallest absolute Gasteiger partial charge is 0.247 e. The zero-order chi connectivity index (χ0) is 19.9. The summed E-state index contributed by atoms with van der Waals surface area (Å²) in [6, 6.07) is 10.1. The van der Waals surface area contributed by atoms with E-state index in [1.807, 2.05) is 0 Å². The number of halogens is 3. The Bertz CT molecular complexity index is 1120. The SMILES string of the molecule is O=S(=O)(c1ccc(Cl)cc1F)N(Cc1nnc(-c2ccc(Cl)cc2)o1)C1CC1. The zero-order valence-corrected chi connectivity index (χ0v) is 16.7. The van der Waals surface area contributed by atoms with Crippen molar-refractivity contribution in [3.63, 3.8) is 0 Å². The van der Waals surface area contributed by atoms with E-state index in [2.05, 4.69) is 10.2 Å². The van der Waals surface area contributed by atoms with E-state index in [-0.39, 0.29) is 29.4 Å². The van der Waals surface area contributed by atoms with Crippen LogP contribution in [-0.4, -0.2) is 29.0 Å². The van der Waals surface area contributed by atoms with Crippen molar-refractivity contribution in [3.8, 4) is 11.5 Å². The monoisotopic (exact) mass is 441 g/mol. The molecule has 0 bridgehead atoms. The molecule has 146 valence electrons. The summed E-state index contributed by atoms with van der Waals surface area (Å²) in [7, 11) is -4.09. The lowest BCUT2D eigenvalue weighted by Crippen LogP contribution is -2.33. The molecular formula is C18H14Cl2FN3O3S. The molecule has 0 spiro atoms. The molecule has 1 heterocycles. The van der Waals surface area contributed by atoms with Crippen molar-refractivity contribution < 1.29 is 17.2 Å². The van der Waals surface area contributed by atoms with Gasteiger partial charge in [-0.3, -0.25) is 0 Å². The van der Waals surface area contributed by atoms with Gasteiger partial charge in [0.25, 0.3) is 0 Å². The maximum Gasteiger partial charge on any atom is 0.247 e. The number of benzene rings is 2. The number of hydrogen-bond donors (Lipinski definition) is 0. The molecule has 1 saturated carbocycles. The van der Waals surface area contributed by atoms with Gasteiger partial charge in [0, 0.05) is 21.7 Å². The summed E-state index contributed by atoms with van der Waals surface area (Å²) in [4.78, 5) is -0.429. The van der Waals surface area contributed by atoms with E-state index in [1.165, 1.54) is 10.4 Å². The lowest BCUT2D eigenvalue weighted by Gasteiger charge is -2.20. The first-order chi connectivity index (χ1) is 13.3. The summed E-state index contributed by atoms with van der Waals surface area (Å²) in [5.41, 5.74) is 0.660.